The van der Waals surface area contributed by atoms with E-state index in [-0.39, 0.29) is 0 Å². The van der Waals surface area contributed by atoms with Gasteiger partial charge in [-0.3, -0.25) is 0 Å². The summed E-state index contributed by atoms with van der Waals surface area (Å²) in [6, 6.07) is 3.88. The van der Waals surface area contributed by atoms with Gasteiger partial charge in [0.1, 0.15) is 11.4 Å². The molecular formula is C20H27N7O2. The van der Waals surface area contributed by atoms with E-state index >= 15 is 0 Å². The van der Waals surface area contributed by atoms with Crippen molar-refractivity contribution in [2.45, 2.75) is 40.5 Å². The Morgan fingerprint density at radius 3 is 2.48 bits per heavy atom. The highest BCUT2D eigenvalue weighted by Gasteiger charge is 2.13. The van der Waals surface area contributed by atoms with Crippen molar-refractivity contribution in [1.29, 1.82) is 5.26 Å². The highest BCUT2D eigenvalue weighted by atomic mass is 16.5. The van der Waals surface area contributed by atoms with Crippen LogP contribution in [-0.4, -0.2) is 39.6 Å². The molecule has 29 heavy (non-hydrogen) atoms. The molecule has 4 rings (SSSR count). The van der Waals surface area contributed by atoms with Gasteiger partial charge in [0.2, 0.25) is 0 Å². The van der Waals surface area contributed by atoms with Crippen molar-refractivity contribution in [3.05, 3.63) is 40.9 Å². The fourth-order valence-electron chi connectivity index (χ4n) is 3.03. The van der Waals surface area contributed by atoms with Crippen LogP contribution in [0.2, 0.25) is 0 Å². The lowest BCUT2D eigenvalue weighted by atomic mass is 10.1. The molecule has 1 fully saturated rings. The zero-order valence-electron chi connectivity index (χ0n) is 17.6. The van der Waals surface area contributed by atoms with Gasteiger partial charge in [-0.1, -0.05) is 19.0 Å². The Hall–Kier alpha value is -3.41. The van der Waals surface area contributed by atoms with Crippen LogP contribution in [0.5, 0.6) is 0 Å². The van der Waals surface area contributed by atoms with Crippen LogP contribution in [0.1, 0.15) is 38.1 Å². The molecular weight excluding hydrogens is 370 g/mol. The molecule has 1 saturated heterocycles. The Kier molecular flexibility index (Phi) is 7.71. The SMILES string of the molecule is CC.Cc1noc(C)c1-c1ccn2cc(N(C)N=O)nc2c1.N#CN1CCCC1. The molecule has 0 saturated carbocycles. The van der Waals surface area contributed by atoms with E-state index in [1.165, 1.54) is 17.9 Å². The maximum atomic E-state index is 10.5. The summed E-state index contributed by atoms with van der Waals surface area (Å²) in [6.07, 6.45) is 8.13. The van der Waals surface area contributed by atoms with Crippen molar-refractivity contribution >= 4 is 11.5 Å². The molecule has 0 amide bonds. The van der Waals surface area contributed by atoms with Gasteiger partial charge in [0.05, 0.1) is 17.2 Å². The summed E-state index contributed by atoms with van der Waals surface area (Å²) in [6.45, 7) is 9.74. The zero-order valence-corrected chi connectivity index (χ0v) is 17.6. The van der Waals surface area contributed by atoms with Crippen molar-refractivity contribution < 1.29 is 4.52 Å². The van der Waals surface area contributed by atoms with Crippen LogP contribution >= 0.6 is 0 Å². The lowest BCUT2D eigenvalue weighted by Crippen LogP contribution is -2.10. The minimum Gasteiger partial charge on any atom is -0.361 e. The normalized spacial score (nSPS) is 12.5. The summed E-state index contributed by atoms with van der Waals surface area (Å²) >= 11 is 0. The van der Waals surface area contributed by atoms with Gasteiger partial charge in [0, 0.05) is 31.9 Å². The minimum absolute atomic E-state index is 0.496. The highest BCUT2D eigenvalue weighted by Crippen LogP contribution is 2.28. The average molecular weight is 397 g/mol. The second-order valence-electron chi connectivity index (χ2n) is 6.38. The predicted octanol–water partition coefficient (Wildman–Crippen LogP) is 4.31. The van der Waals surface area contributed by atoms with E-state index in [2.05, 4.69) is 21.6 Å². The molecule has 0 spiro atoms. The summed E-state index contributed by atoms with van der Waals surface area (Å²) < 4.78 is 7.01. The summed E-state index contributed by atoms with van der Waals surface area (Å²) in [5.74, 6) is 1.27. The van der Waals surface area contributed by atoms with Gasteiger partial charge in [-0.2, -0.15) is 5.26 Å². The minimum atomic E-state index is 0.496. The van der Waals surface area contributed by atoms with Crippen LogP contribution in [0.4, 0.5) is 5.82 Å². The number of nitriles is 1. The van der Waals surface area contributed by atoms with Crippen LogP contribution < -0.4 is 5.01 Å². The van der Waals surface area contributed by atoms with Crippen LogP contribution in [0.15, 0.2) is 34.3 Å². The summed E-state index contributed by atoms with van der Waals surface area (Å²) in [5, 5.41) is 16.2. The van der Waals surface area contributed by atoms with Crippen LogP contribution in [0.3, 0.4) is 0 Å². The first kappa shape index (κ1) is 21.9. The van der Waals surface area contributed by atoms with Crippen LogP contribution in [-0.2, 0) is 0 Å². The largest absolute Gasteiger partial charge is 0.361 e. The Balaban J connectivity index is 0.000000280. The van der Waals surface area contributed by atoms with Crippen LogP contribution in [0.25, 0.3) is 16.8 Å². The molecule has 1 aliphatic heterocycles. The number of pyridine rings is 1. The Morgan fingerprint density at radius 2 is 1.97 bits per heavy atom. The maximum Gasteiger partial charge on any atom is 0.179 e. The van der Waals surface area contributed by atoms with E-state index in [0.717, 1.165) is 41.3 Å². The molecule has 0 radical (unpaired) electrons. The molecule has 1 aliphatic rings. The molecule has 0 N–H and O–H groups in total. The number of nitroso groups, excluding NO2 is 1. The molecule has 0 atom stereocenters. The van der Waals surface area contributed by atoms with E-state index in [0.29, 0.717) is 5.82 Å². The van der Waals surface area contributed by atoms with Crippen molar-refractivity contribution in [2.24, 2.45) is 5.29 Å². The Bertz CT molecular complexity index is 961. The summed E-state index contributed by atoms with van der Waals surface area (Å²) in [7, 11) is 1.56. The van der Waals surface area contributed by atoms with Gasteiger partial charge in [-0.25, -0.2) is 9.99 Å². The van der Waals surface area contributed by atoms with E-state index < -0.39 is 0 Å². The van der Waals surface area contributed by atoms with Gasteiger partial charge >= 0.3 is 0 Å². The number of anilines is 1. The van der Waals surface area contributed by atoms with Crippen molar-refractivity contribution in [3.8, 4) is 17.3 Å². The third-order valence-corrected chi connectivity index (χ3v) is 4.47. The molecule has 154 valence electrons. The molecule has 0 aromatic carbocycles. The number of hydrogen-bond donors (Lipinski definition) is 0. The van der Waals surface area contributed by atoms with Gasteiger partial charge in [0.25, 0.3) is 0 Å². The molecule has 0 unspecified atom stereocenters. The first-order valence-electron chi connectivity index (χ1n) is 9.67. The fraction of sp³-hybridized carbons (Fsp3) is 0.450. The number of likely N-dealkylation sites (tertiary alicyclic amines) is 1. The monoisotopic (exact) mass is 397 g/mol. The Morgan fingerprint density at radius 1 is 1.28 bits per heavy atom. The van der Waals surface area contributed by atoms with E-state index in [1.807, 2.05) is 50.4 Å². The number of rotatable bonds is 3. The number of aromatic nitrogens is 3. The standard InChI is InChI=1S/C13H13N5O2.C5H8N2.C2H6/c1-8-13(9(2)20-15-8)10-4-5-18-7-12(17(3)16-19)14-11(18)6-10;6-5-7-3-1-2-4-7;1-2/h4-7H,1-3H3;1-4H2;1-2H3. The lowest BCUT2D eigenvalue weighted by molar-refractivity contribution is 0.393. The van der Waals surface area contributed by atoms with E-state index in [1.54, 1.807) is 18.1 Å². The molecule has 0 aliphatic carbocycles. The number of fused-ring (bicyclic) bond motifs is 1. The second-order valence-corrected chi connectivity index (χ2v) is 6.38. The van der Waals surface area contributed by atoms with Crippen LogP contribution in [0, 0.1) is 30.2 Å². The molecule has 9 heteroatoms. The summed E-state index contributed by atoms with van der Waals surface area (Å²) in [4.78, 5) is 16.7. The third-order valence-electron chi connectivity index (χ3n) is 4.47. The van der Waals surface area contributed by atoms with Crippen molar-refractivity contribution in [1.82, 2.24) is 19.4 Å². The summed E-state index contributed by atoms with van der Waals surface area (Å²) in [5.41, 5.74) is 3.52. The number of aryl methyl sites for hydroxylation is 2. The molecule has 4 heterocycles. The number of nitrogens with zero attached hydrogens (tertiary/aromatic N) is 7. The number of hydrogen-bond acceptors (Lipinski definition) is 7. The Labute approximate surface area is 170 Å². The van der Waals surface area contributed by atoms with Gasteiger partial charge in [-0.15, -0.1) is 4.91 Å². The van der Waals surface area contributed by atoms with Crippen molar-refractivity contribution in [2.75, 3.05) is 25.1 Å². The lowest BCUT2D eigenvalue weighted by Gasteiger charge is -2.00. The topological polar surface area (TPSA) is 103 Å². The average Bonchev–Trinajstić information content (AvgIpc) is 3.49. The first-order chi connectivity index (χ1) is 14.0. The predicted molar refractivity (Wildman–Crippen MR) is 112 cm³/mol. The van der Waals surface area contributed by atoms with Gasteiger partial charge in [0.15, 0.2) is 12.0 Å². The van der Waals surface area contributed by atoms with E-state index in [4.69, 9.17) is 9.78 Å². The quantitative estimate of drug-likeness (QED) is 0.368. The van der Waals surface area contributed by atoms with Crippen molar-refractivity contribution in [3.63, 3.8) is 0 Å². The molecule has 3 aromatic rings. The smallest absolute Gasteiger partial charge is 0.179 e. The molecule has 0 bridgehead atoms. The second kappa shape index (κ2) is 10.2. The molecule has 9 nitrogen and oxygen atoms in total. The number of imidazole rings is 1. The molecule has 3 aromatic heterocycles. The zero-order chi connectivity index (χ0) is 21.4. The third kappa shape index (κ3) is 5.10. The maximum absolute atomic E-state index is 10.5. The van der Waals surface area contributed by atoms with Gasteiger partial charge in [-0.05, 0) is 44.4 Å². The van der Waals surface area contributed by atoms with Gasteiger partial charge < -0.3 is 13.8 Å². The highest BCUT2D eigenvalue weighted by molar-refractivity contribution is 5.71. The van der Waals surface area contributed by atoms with E-state index in [9.17, 15) is 4.91 Å². The first-order valence-corrected chi connectivity index (χ1v) is 9.67. The fourth-order valence-corrected chi connectivity index (χ4v) is 3.03.